The van der Waals surface area contributed by atoms with Gasteiger partial charge in [0.25, 0.3) is 0 Å². The van der Waals surface area contributed by atoms with E-state index in [9.17, 15) is 9.90 Å². The first-order chi connectivity index (χ1) is 10.0. The van der Waals surface area contributed by atoms with Crippen LogP contribution >= 0.6 is 11.3 Å². The Kier molecular flexibility index (Phi) is 3.26. The first-order valence-electron chi connectivity index (χ1n) is 6.11. The summed E-state index contributed by atoms with van der Waals surface area (Å²) in [6.07, 6.45) is 3.32. The van der Waals surface area contributed by atoms with Gasteiger partial charge in [-0.3, -0.25) is 4.68 Å². The van der Waals surface area contributed by atoms with Gasteiger partial charge in [-0.15, -0.1) is 16.4 Å². The second-order valence-electron chi connectivity index (χ2n) is 4.51. The third-order valence-corrected chi connectivity index (χ3v) is 3.72. The summed E-state index contributed by atoms with van der Waals surface area (Å²) in [5.41, 5.74) is 1.83. The Hall–Kier alpha value is -2.55. The van der Waals surface area contributed by atoms with Crippen LogP contribution in [0.2, 0.25) is 0 Å². The van der Waals surface area contributed by atoms with Gasteiger partial charge >= 0.3 is 5.97 Å². The fraction of sp³-hybridized carbons (Fsp3) is 0.250. The maximum absolute atomic E-state index is 11.3. The molecule has 0 bridgehead atoms. The molecule has 0 aliphatic heterocycles. The third-order valence-electron chi connectivity index (χ3n) is 2.89. The van der Waals surface area contributed by atoms with E-state index in [0.29, 0.717) is 17.8 Å². The summed E-state index contributed by atoms with van der Waals surface area (Å²) in [4.78, 5) is 15.7. The van der Waals surface area contributed by atoms with Crippen LogP contribution in [0.15, 0.2) is 17.8 Å². The van der Waals surface area contributed by atoms with Crippen molar-refractivity contribution in [2.24, 2.45) is 7.05 Å². The maximum atomic E-state index is 11.3. The lowest BCUT2D eigenvalue weighted by atomic mass is 10.2. The van der Waals surface area contributed by atoms with E-state index in [0.717, 1.165) is 10.7 Å². The van der Waals surface area contributed by atoms with E-state index in [1.807, 2.05) is 12.3 Å². The van der Waals surface area contributed by atoms with Gasteiger partial charge in [0.1, 0.15) is 5.69 Å². The summed E-state index contributed by atoms with van der Waals surface area (Å²) in [7, 11) is 1.77. The van der Waals surface area contributed by atoms with Crippen LogP contribution in [0, 0.1) is 6.92 Å². The van der Waals surface area contributed by atoms with Crippen molar-refractivity contribution in [2.75, 3.05) is 0 Å². The van der Waals surface area contributed by atoms with E-state index in [2.05, 4.69) is 20.4 Å². The average molecular weight is 304 g/mol. The van der Waals surface area contributed by atoms with Crippen molar-refractivity contribution < 1.29 is 9.90 Å². The van der Waals surface area contributed by atoms with Gasteiger partial charge < -0.3 is 5.11 Å². The molecule has 0 aliphatic carbocycles. The summed E-state index contributed by atoms with van der Waals surface area (Å²) in [5.74, 6) is -1.12. The molecule has 0 aromatic carbocycles. The van der Waals surface area contributed by atoms with Crippen LogP contribution in [-0.2, 0) is 13.6 Å². The quantitative estimate of drug-likeness (QED) is 0.777. The number of carboxylic acid groups (broad SMARTS) is 1. The number of aromatic carboxylic acids is 1. The molecule has 3 rings (SSSR count). The molecular formula is C12H12N6O2S. The molecule has 1 N–H and O–H groups in total. The molecule has 8 nitrogen and oxygen atoms in total. The molecule has 9 heteroatoms. The Morgan fingerprint density at radius 3 is 2.86 bits per heavy atom. The highest BCUT2D eigenvalue weighted by Crippen LogP contribution is 2.23. The molecule has 0 spiro atoms. The normalized spacial score (nSPS) is 11.0. The molecule has 0 saturated carbocycles. The number of nitrogens with zero attached hydrogens (tertiary/aromatic N) is 6. The fourth-order valence-corrected chi connectivity index (χ4v) is 2.64. The highest BCUT2D eigenvalue weighted by molar-refractivity contribution is 7.09. The van der Waals surface area contributed by atoms with Crippen molar-refractivity contribution in [3.05, 3.63) is 34.2 Å². The Balaban J connectivity index is 2.06. The van der Waals surface area contributed by atoms with E-state index in [-0.39, 0.29) is 5.69 Å². The van der Waals surface area contributed by atoms with Gasteiger partial charge in [0.2, 0.25) is 0 Å². The molecule has 108 valence electrons. The van der Waals surface area contributed by atoms with Gasteiger partial charge in [0.05, 0.1) is 23.4 Å². The topological polar surface area (TPSA) is 98.7 Å². The van der Waals surface area contributed by atoms with Gasteiger partial charge in [-0.1, -0.05) is 5.21 Å². The van der Waals surface area contributed by atoms with Crippen molar-refractivity contribution in [3.8, 4) is 11.3 Å². The molecule has 3 heterocycles. The van der Waals surface area contributed by atoms with Crippen LogP contribution in [-0.4, -0.2) is 40.8 Å². The second kappa shape index (κ2) is 5.09. The largest absolute Gasteiger partial charge is 0.476 e. The zero-order valence-corrected chi connectivity index (χ0v) is 12.2. The van der Waals surface area contributed by atoms with E-state index < -0.39 is 5.97 Å². The minimum atomic E-state index is -1.12. The molecule has 3 aromatic heterocycles. The lowest BCUT2D eigenvalue weighted by molar-refractivity contribution is 0.0691. The second-order valence-corrected chi connectivity index (χ2v) is 5.57. The first kappa shape index (κ1) is 13.4. The number of hydrogen-bond donors (Lipinski definition) is 1. The Bertz CT molecular complexity index is 802. The summed E-state index contributed by atoms with van der Waals surface area (Å²) < 4.78 is 3.14. The standard InChI is InChI=1S/C12H12N6O2S/c1-7-14-9(6-21-7)5-18-11(8-3-13-17(2)4-8)10(12(19)20)15-16-18/h3-4,6H,5H2,1-2H3,(H,19,20). The third kappa shape index (κ3) is 2.55. The first-order valence-corrected chi connectivity index (χ1v) is 6.99. The van der Waals surface area contributed by atoms with Crippen molar-refractivity contribution in [1.82, 2.24) is 29.8 Å². The minimum Gasteiger partial charge on any atom is -0.476 e. The Labute approximate surface area is 123 Å². The summed E-state index contributed by atoms with van der Waals surface area (Å²) in [6, 6.07) is 0. The Morgan fingerprint density at radius 1 is 1.48 bits per heavy atom. The van der Waals surface area contributed by atoms with E-state index >= 15 is 0 Å². The van der Waals surface area contributed by atoms with Crippen LogP contribution in [0.5, 0.6) is 0 Å². The molecule has 0 fully saturated rings. The number of rotatable bonds is 4. The summed E-state index contributed by atoms with van der Waals surface area (Å²) in [5, 5.41) is 23.9. The highest BCUT2D eigenvalue weighted by atomic mass is 32.1. The van der Waals surface area contributed by atoms with Crippen molar-refractivity contribution in [1.29, 1.82) is 0 Å². The van der Waals surface area contributed by atoms with Crippen LogP contribution < -0.4 is 0 Å². The van der Waals surface area contributed by atoms with Crippen molar-refractivity contribution >= 4 is 17.3 Å². The Morgan fingerprint density at radius 2 is 2.29 bits per heavy atom. The molecule has 0 unspecified atom stereocenters. The predicted octanol–water partition coefficient (Wildman–Crippen LogP) is 1.19. The molecular weight excluding hydrogens is 292 g/mol. The number of carboxylic acids is 1. The van der Waals surface area contributed by atoms with Gasteiger partial charge in [0.15, 0.2) is 5.69 Å². The number of aromatic nitrogens is 6. The van der Waals surface area contributed by atoms with E-state index in [1.165, 1.54) is 16.0 Å². The molecule has 3 aromatic rings. The molecule has 0 radical (unpaired) electrons. The van der Waals surface area contributed by atoms with Crippen LogP contribution in [0.1, 0.15) is 21.2 Å². The van der Waals surface area contributed by atoms with Gasteiger partial charge in [-0.25, -0.2) is 14.5 Å². The van der Waals surface area contributed by atoms with Crippen molar-refractivity contribution in [2.45, 2.75) is 13.5 Å². The lowest BCUT2D eigenvalue weighted by Gasteiger charge is -2.03. The number of thiazole rings is 1. The van der Waals surface area contributed by atoms with Crippen LogP contribution in [0.25, 0.3) is 11.3 Å². The smallest absolute Gasteiger partial charge is 0.358 e. The molecule has 0 atom stereocenters. The zero-order valence-electron chi connectivity index (χ0n) is 11.4. The SMILES string of the molecule is Cc1nc(Cn2nnc(C(=O)O)c2-c2cnn(C)c2)cs1. The average Bonchev–Trinajstić information content (AvgIpc) is 3.10. The van der Waals surface area contributed by atoms with E-state index in [1.54, 1.807) is 24.1 Å². The summed E-state index contributed by atoms with van der Waals surface area (Å²) in [6.45, 7) is 2.29. The minimum absolute atomic E-state index is 0.0880. The number of hydrogen-bond acceptors (Lipinski definition) is 6. The highest BCUT2D eigenvalue weighted by Gasteiger charge is 2.22. The monoisotopic (exact) mass is 304 g/mol. The maximum Gasteiger partial charge on any atom is 0.358 e. The van der Waals surface area contributed by atoms with Gasteiger partial charge in [0, 0.05) is 24.2 Å². The fourth-order valence-electron chi connectivity index (χ4n) is 2.03. The van der Waals surface area contributed by atoms with E-state index in [4.69, 9.17) is 0 Å². The van der Waals surface area contributed by atoms with Crippen LogP contribution in [0.4, 0.5) is 0 Å². The molecule has 21 heavy (non-hydrogen) atoms. The molecule has 0 saturated heterocycles. The number of aryl methyl sites for hydroxylation is 2. The van der Waals surface area contributed by atoms with Gasteiger partial charge in [-0.05, 0) is 6.92 Å². The van der Waals surface area contributed by atoms with Crippen molar-refractivity contribution in [3.63, 3.8) is 0 Å². The lowest BCUT2D eigenvalue weighted by Crippen LogP contribution is -2.06. The molecule has 0 amide bonds. The zero-order chi connectivity index (χ0) is 15.0. The number of carbonyl (C=O) groups is 1. The predicted molar refractivity (Wildman–Crippen MR) is 75.1 cm³/mol. The van der Waals surface area contributed by atoms with Crippen LogP contribution in [0.3, 0.4) is 0 Å². The van der Waals surface area contributed by atoms with Gasteiger partial charge in [-0.2, -0.15) is 5.10 Å². The summed E-state index contributed by atoms with van der Waals surface area (Å²) >= 11 is 1.54. The molecule has 0 aliphatic rings.